The van der Waals surface area contributed by atoms with E-state index < -0.39 is 17.4 Å². The van der Waals surface area contributed by atoms with E-state index in [9.17, 15) is 14.7 Å². The van der Waals surface area contributed by atoms with Gasteiger partial charge in [-0.25, -0.2) is 0 Å². The Hall–Kier alpha value is -0.580. The number of hydrogen-bond acceptors (Lipinski definition) is 3. The van der Waals surface area contributed by atoms with Crippen LogP contribution in [0.1, 0.15) is 36.0 Å². The minimum Gasteiger partial charge on any atom is -0.506 e. The van der Waals surface area contributed by atoms with Crippen LogP contribution < -0.4 is 5.32 Å². The minimum absolute atomic E-state index is 0.0617. The number of phenols is 1. The maximum Gasteiger partial charge on any atom is 0.305 e. The molecule has 0 heterocycles. The van der Waals surface area contributed by atoms with Crippen molar-refractivity contribution in [3.05, 3.63) is 24.8 Å². The van der Waals surface area contributed by atoms with Crippen LogP contribution in [0.4, 0.5) is 0 Å². The Bertz CT molecular complexity index is 570. The number of halogens is 2. The monoisotopic (exact) mass is 501 g/mol. The predicted octanol–water partition coefficient (Wildman–Crippen LogP) is 2.73. The van der Waals surface area contributed by atoms with Crippen molar-refractivity contribution in [2.24, 2.45) is 0 Å². The highest BCUT2D eigenvalue weighted by molar-refractivity contribution is 14.1. The largest absolute Gasteiger partial charge is 0.506 e. The van der Waals surface area contributed by atoms with Gasteiger partial charge in [-0.3, -0.25) is 9.59 Å². The highest BCUT2D eigenvalue weighted by Gasteiger charge is 2.40. The molecule has 108 valence electrons. The number of nitrogens with one attached hydrogen (secondary N) is 1. The summed E-state index contributed by atoms with van der Waals surface area (Å²) in [6, 6.07) is 3.37. The zero-order chi connectivity index (χ0) is 14.9. The van der Waals surface area contributed by atoms with Crippen LogP contribution in [0.25, 0.3) is 0 Å². The number of rotatable bonds is 4. The molecular weight excluding hydrogens is 488 g/mol. The molecule has 7 heteroatoms. The Labute approximate surface area is 143 Å². The SMILES string of the molecule is O=C(O)CC1(NC(=O)c2cc(I)cc(I)c2O)CCC1. The Morgan fingerprint density at radius 1 is 1.30 bits per heavy atom. The van der Waals surface area contributed by atoms with Crippen LogP contribution in [-0.4, -0.2) is 27.6 Å². The molecule has 1 aromatic rings. The van der Waals surface area contributed by atoms with Gasteiger partial charge in [-0.1, -0.05) is 0 Å². The number of carboxylic acid groups (broad SMARTS) is 1. The Balaban J connectivity index is 2.22. The molecule has 5 nitrogen and oxygen atoms in total. The van der Waals surface area contributed by atoms with Crippen LogP contribution in [-0.2, 0) is 4.79 Å². The highest BCUT2D eigenvalue weighted by atomic mass is 127. The molecule has 0 aliphatic heterocycles. The molecule has 0 atom stereocenters. The van der Waals surface area contributed by atoms with Gasteiger partial charge < -0.3 is 15.5 Å². The first-order valence-corrected chi connectivity index (χ1v) is 8.21. The van der Waals surface area contributed by atoms with E-state index in [2.05, 4.69) is 27.9 Å². The summed E-state index contributed by atoms with van der Waals surface area (Å²) >= 11 is 4.03. The molecule has 0 unspecified atom stereocenters. The number of benzene rings is 1. The number of carbonyl (C=O) groups is 2. The van der Waals surface area contributed by atoms with Gasteiger partial charge in [0.2, 0.25) is 0 Å². The van der Waals surface area contributed by atoms with Crippen LogP contribution in [0.3, 0.4) is 0 Å². The number of hydrogen-bond donors (Lipinski definition) is 3. The van der Waals surface area contributed by atoms with E-state index in [0.29, 0.717) is 16.4 Å². The molecule has 0 radical (unpaired) electrons. The van der Waals surface area contributed by atoms with Crippen molar-refractivity contribution in [3.8, 4) is 5.75 Å². The molecule has 1 saturated carbocycles. The summed E-state index contributed by atoms with van der Waals surface area (Å²) in [4.78, 5) is 23.2. The summed E-state index contributed by atoms with van der Waals surface area (Å²) in [5.41, 5.74) is -0.472. The Morgan fingerprint density at radius 2 is 1.95 bits per heavy atom. The molecule has 0 spiro atoms. The van der Waals surface area contributed by atoms with Crippen LogP contribution in [0.5, 0.6) is 5.75 Å². The highest BCUT2D eigenvalue weighted by Crippen LogP contribution is 2.36. The first kappa shape index (κ1) is 15.8. The molecule has 1 amide bonds. The van der Waals surface area contributed by atoms with E-state index >= 15 is 0 Å². The van der Waals surface area contributed by atoms with E-state index in [1.165, 1.54) is 0 Å². The quantitative estimate of drug-likeness (QED) is 0.555. The summed E-state index contributed by atoms with van der Waals surface area (Å²) in [7, 11) is 0. The van der Waals surface area contributed by atoms with Gasteiger partial charge in [0, 0.05) is 3.57 Å². The molecule has 0 bridgehead atoms. The van der Waals surface area contributed by atoms with Crippen LogP contribution >= 0.6 is 45.2 Å². The van der Waals surface area contributed by atoms with E-state index in [4.69, 9.17) is 5.11 Å². The summed E-state index contributed by atoms with van der Waals surface area (Å²) in [6.07, 6.45) is 2.14. The molecule has 1 aliphatic rings. The molecule has 0 saturated heterocycles. The van der Waals surface area contributed by atoms with Gasteiger partial charge in [0.15, 0.2) is 0 Å². The van der Waals surface area contributed by atoms with Crippen molar-refractivity contribution in [1.29, 1.82) is 0 Å². The third kappa shape index (κ3) is 3.35. The van der Waals surface area contributed by atoms with Gasteiger partial charge in [-0.2, -0.15) is 0 Å². The molecule has 20 heavy (non-hydrogen) atoms. The first-order chi connectivity index (χ1) is 9.33. The lowest BCUT2D eigenvalue weighted by Crippen LogP contribution is -2.54. The topological polar surface area (TPSA) is 86.6 Å². The third-order valence-electron chi connectivity index (χ3n) is 3.45. The van der Waals surface area contributed by atoms with Crippen molar-refractivity contribution >= 4 is 57.1 Å². The second kappa shape index (κ2) is 6.04. The maximum absolute atomic E-state index is 12.3. The fourth-order valence-electron chi connectivity index (χ4n) is 2.29. The lowest BCUT2D eigenvalue weighted by Gasteiger charge is -2.41. The zero-order valence-electron chi connectivity index (χ0n) is 10.4. The van der Waals surface area contributed by atoms with Gasteiger partial charge >= 0.3 is 5.97 Å². The maximum atomic E-state index is 12.3. The second-order valence-electron chi connectivity index (χ2n) is 4.94. The van der Waals surface area contributed by atoms with Crippen LogP contribution in [0, 0.1) is 7.14 Å². The average Bonchev–Trinajstić information content (AvgIpc) is 2.30. The summed E-state index contributed by atoms with van der Waals surface area (Å²) < 4.78 is 1.44. The van der Waals surface area contributed by atoms with Crippen molar-refractivity contribution < 1.29 is 19.8 Å². The summed E-state index contributed by atoms with van der Waals surface area (Å²) in [6.45, 7) is 0. The van der Waals surface area contributed by atoms with Crippen molar-refractivity contribution in [1.82, 2.24) is 5.32 Å². The zero-order valence-corrected chi connectivity index (χ0v) is 14.8. The standard InChI is InChI=1S/C13H13I2NO4/c14-7-4-8(11(19)9(15)5-7)12(20)16-13(2-1-3-13)6-10(17)18/h4-5,19H,1-3,6H2,(H,16,20)(H,17,18). The molecule has 3 N–H and O–H groups in total. The van der Waals surface area contributed by atoms with Gasteiger partial charge in [0.25, 0.3) is 5.91 Å². The minimum atomic E-state index is -0.925. The lowest BCUT2D eigenvalue weighted by molar-refractivity contribution is -0.139. The predicted molar refractivity (Wildman–Crippen MR) is 89.8 cm³/mol. The number of carboxylic acids is 1. The van der Waals surface area contributed by atoms with Crippen molar-refractivity contribution in [2.45, 2.75) is 31.2 Å². The summed E-state index contributed by atoms with van der Waals surface area (Å²) in [5, 5.41) is 21.7. The van der Waals surface area contributed by atoms with E-state index in [1.54, 1.807) is 12.1 Å². The van der Waals surface area contributed by atoms with Crippen LogP contribution in [0.2, 0.25) is 0 Å². The number of carbonyl (C=O) groups excluding carboxylic acids is 1. The Morgan fingerprint density at radius 3 is 2.45 bits per heavy atom. The lowest BCUT2D eigenvalue weighted by atomic mass is 9.74. The second-order valence-corrected chi connectivity index (χ2v) is 7.35. The summed E-state index contributed by atoms with van der Waals surface area (Å²) in [5.74, 6) is -1.40. The molecule has 1 fully saturated rings. The molecule has 1 aromatic carbocycles. The van der Waals surface area contributed by atoms with Gasteiger partial charge in [-0.05, 0) is 76.6 Å². The third-order valence-corrected chi connectivity index (χ3v) is 4.90. The van der Waals surface area contributed by atoms with Crippen molar-refractivity contribution in [3.63, 3.8) is 0 Å². The normalized spacial score (nSPS) is 16.3. The molecule has 2 rings (SSSR count). The fourth-order valence-corrected chi connectivity index (χ4v) is 4.13. The Kier molecular flexibility index (Phi) is 4.77. The molecular formula is C13H13I2NO4. The first-order valence-electron chi connectivity index (χ1n) is 6.05. The van der Waals surface area contributed by atoms with E-state index in [-0.39, 0.29) is 17.7 Å². The van der Waals surface area contributed by atoms with E-state index in [1.807, 2.05) is 22.6 Å². The molecule has 0 aromatic heterocycles. The van der Waals surface area contributed by atoms with E-state index in [0.717, 1.165) is 9.99 Å². The average molecular weight is 501 g/mol. The van der Waals surface area contributed by atoms with Gasteiger partial charge in [0.05, 0.1) is 21.1 Å². The number of aromatic hydroxyl groups is 1. The number of phenolic OH excluding ortho intramolecular Hbond substituents is 1. The smallest absolute Gasteiger partial charge is 0.305 e. The van der Waals surface area contributed by atoms with Crippen molar-refractivity contribution in [2.75, 3.05) is 0 Å². The number of aliphatic carboxylic acids is 1. The molecule has 1 aliphatic carbocycles. The van der Waals surface area contributed by atoms with Gasteiger partial charge in [0.1, 0.15) is 5.75 Å². The van der Waals surface area contributed by atoms with Crippen LogP contribution in [0.15, 0.2) is 12.1 Å². The fraction of sp³-hybridized carbons (Fsp3) is 0.385. The van der Waals surface area contributed by atoms with Gasteiger partial charge in [-0.15, -0.1) is 0 Å². The number of amides is 1.